The Morgan fingerprint density at radius 3 is 2.95 bits per heavy atom. The van der Waals surface area contributed by atoms with Gasteiger partial charge in [-0.05, 0) is 48.4 Å². The van der Waals surface area contributed by atoms with Gasteiger partial charge < -0.3 is 10.6 Å². The first kappa shape index (κ1) is 12.7. The van der Waals surface area contributed by atoms with Crippen molar-refractivity contribution in [1.82, 2.24) is 5.32 Å². The minimum Gasteiger partial charge on any atom is -0.326 e. The summed E-state index contributed by atoms with van der Waals surface area (Å²) in [5.74, 6) is 1.70. The SMILES string of the molecule is CCCNC(c1ccc2c(c1)CC(=O)N2)C1CC1C. The number of nitrogens with one attached hydrogen (secondary N) is 2. The normalized spacial score (nSPS) is 25.9. The number of rotatable bonds is 5. The highest BCUT2D eigenvalue weighted by Crippen LogP contribution is 2.47. The molecular weight excluding hydrogens is 236 g/mol. The number of carbonyl (C=O) groups excluding carboxylic acids is 1. The van der Waals surface area contributed by atoms with Crippen LogP contribution < -0.4 is 10.6 Å². The van der Waals surface area contributed by atoms with Gasteiger partial charge in [-0.15, -0.1) is 0 Å². The van der Waals surface area contributed by atoms with Crippen molar-refractivity contribution in [2.75, 3.05) is 11.9 Å². The number of fused-ring (bicyclic) bond motifs is 1. The average Bonchev–Trinajstić information content (AvgIpc) is 2.97. The molecule has 1 heterocycles. The van der Waals surface area contributed by atoms with Crippen molar-refractivity contribution in [2.24, 2.45) is 11.8 Å². The van der Waals surface area contributed by atoms with E-state index < -0.39 is 0 Å². The first-order valence-electron chi connectivity index (χ1n) is 7.35. The summed E-state index contributed by atoms with van der Waals surface area (Å²) in [6, 6.07) is 6.90. The fraction of sp³-hybridized carbons (Fsp3) is 0.562. The molecule has 2 aliphatic rings. The maximum absolute atomic E-state index is 11.4. The van der Waals surface area contributed by atoms with Crippen LogP contribution in [0.5, 0.6) is 0 Å². The van der Waals surface area contributed by atoms with E-state index in [0.29, 0.717) is 12.5 Å². The summed E-state index contributed by atoms with van der Waals surface area (Å²) in [5, 5.41) is 6.58. The van der Waals surface area contributed by atoms with Gasteiger partial charge in [0, 0.05) is 11.7 Å². The molecule has 1 aromatic rings. The van der Waals surface area contributed by atoms with Gasteiger partial charge in [-0.1, -0.05) is 26.0 Å². The maximum Gasteiger partial charge on any atom is 0.228 e. The molecule has 1 aromatic carbocycles. The first-order chi connectivity index (χ1) is 9.19. The number of carbonyl (C=O) groups is 1. The second-order valence-electron chi connectivity index (χ2n) is 5.95. The maximum atomic E-state index is 11.4. The van der Waals surface area contributed by atoms with Gasteiger partial charge in [-0.3, -0.25) is 4.79 Å². The van der Waals surface area contributed by atoms with Crippen LogP contribution in [0.25, 0.3) is 0 Å². The molecule has 3 heteroatoms. The van der Waals surface area contributed by atoms with Crippen LogP contribution in [-0.2, 0) is 11.2 Å². The molecule has 1 aliphatic heterocycles. The monoisotopic (exact) mass is 258 g/mol. The zero-order valence-corrected chi connectivity index (χ0v) is 11.7. The van der Waals surface area contributed by atoms with Crippen LogP contribution in [0.4, 0.5) is 5.69 Å². The molecule has 2 N–H and O–H groups in total. The van der Waals surface area contributed by atoms with Crippen LogP contribution in [-0.4, -0.2) is 12.5 Å². The smallest absolute Gasteiger partial charge is 0.228 e. The summed E-state index contributed by atoms with van der Waals surface area (Å²) >= 11 is 0. The van der Waals surface area contributed by atoms with Crippen LogP contribution >= 0.6 is 0 Å². The lowest BCUT2D eigenvalue weighted by Crippen LogP contribution is -2.24. The molecule has 0 spiro atoms. The molecule has 0 radical (unpaired) electrons. The third kappa shape index (κ3) is 2.52. The Hall–Kier alpha value is -1.35. The molecule has 19 heavy (non-hydrogen) atoms. The van der Waals surface area contributed by atoms with Crippen LogP contribution in [0.1, 0.15) is 43.9 Å². The van der Waals surface area contributed by atoms with E-state index in [4.69, 9.17) is 0 Å². The molecule has 1 aliphatic carbocycles. The Balaban J connectivity index is 1.82. The van der Waals surface area contributed by atoms with Crippen LogP contribution in [0.15, 0.2) is 18.2 Å². The van der Waals surface area contributed by atoms with Gasteiger partial charge in [0.25, 0.3) is 0 Å². The Bertz CT molecular complexity index is 498. The summed E-state index contributed by atoms with van der Waals surface area (Å²) in [7, 11) is 0. The van der Waals surface area contributed by atoms with Crippen molar-refractivity contribution in [1.29, 1.82) is 0 Å². The lowest BCUT2D eigenvalue weighted by Gasteiger charge is -2.20. The quantitative estimate of drug-likeness (QED) is 0.852. The van der Waals surface area contributed by atoms with Crippen molar-refractivity contribution in [2.45, 2.75) is 39.2 Å². The molecule has 1 saturated carbocycles. The number of hydrogen-bond acceptors (Lipinski definition) is 2. The third-order valence-electron chi connectivity index (χ3n) is 4.33. The van der Waals surface area contributed by atoms with E-state index in [1.54, 1.807) is 0 Å². The van der Waals surface area contributed by atoms with Gasteiger partial charge in [0.15, 0.2) is 0 Å². The molecule has 0 saturated heterocycles. The summed E-state index contributed by atoms with van der Waals surface area (Å²) in [5.41, 5.74) is 3.49. The van der Waals surface area contributed by atoms with E-state index >= 15 is 0 Å². The highest BCUT2D eigenvalue weighted by Gasteiger charge is 2.40. The van der Waals surface area contributed by atoms with E-state index in [1.807, 2.05) is 0 Å². The highest BCUT2D eigenvalue weighted by molar-refractivity contribution is 5.99. The van der Waals surface area contributed by atoms with Crippen molar-refractivity contribution >= 4 is 11.6 Å². The lowest BCUT2D eigenvalue weighted by atomic mass is 9.98. The zero-order chi connectivity index (χ0) is 13.4. The minimum atomic E-state index is 0.116. The van der Waals surface area contributed by atoms with Crippen LogP contribution in [0.3, 0.4) is 0 Å². The van der Waals surface area contributed by atoms with Crippen molar-refractivity contribution in [3.8, 4) is 0 Å². The van der Waals surface area contributed by atoms with Crippen molar-refractivity contribution in [3.63, 3.8) is 0 Å². The summed E-state index contributed by atoms with van der Waals surface area (Å²) in [4.78, 5) is 11.4. The fourth-order valence-electron chi connectivity index (χ4n) is 3.07. The first-order valence-corrected chi connectivity index (χ1v) is 7.35. The van der Waals surface area contributed by atoms with E-state index in [2.05, 4.69) is 42.7 Å². The number of benzene rings is 1. The standard InChI is InChI=1S/C16H22N2O/c1-3-6-17-16(13-7-10(13)2)11-4-5-14-12(8-11)9-15(19)18-14/h4-5,8,10,13,16-17H,3,6-7,9H2,1-2H3,(H,18,19). The van der Waals surface area contributed by atoms with Gasteiger partial charge >= 0.3 is 0 Å². The van der Waals surface area contributed by atoms with Crippen LogP contribution in [0.2, 0.25) is 0 Å². The van der Waals surface area contributed by atoms with Crippen LogP contribution in [0, 0.1) is 11.8 Å². The highest BCUT2D eigenvalue weighted by atomic mass is 16.1. The molecule has 0 aromatic heterocycles. The number of hydrogen-bond donors (Lipinski definition) is 2. The zero-order valence-electron chi connectivity index (χ0n) is 11.7. The topological polar surface area (TPSA) is 41.1 Å². The number of amides is 1. The Kier molecular flexibility index (Phi) is 3.31. The molecule has 102 valence electrons. The molecule has 0 bridgehead atoms. The molecule has 1 amide bonds. The number of anilines is 1. The molecule has 3 atom stereocenters. The average molecular weight is 258 g/mol. The van der Waals surface area contributed by atoms with Gasteiger partial charge in [0.05, 0.1) is 6.42 Å². The molecule has 3 rings (SSSR count). The molecule has 3 unspecified atom stereocenters. The molecular formula is C16H22N2O. The Labute approximate surface area is 114 Å². The summed E-state index contributed by atoms with van der Waals surface area (Å²) in [6.07, 6.45) is 3.00. The second-order valence-corrected chi connectivity index (χ2v) is 5.95. The Morgan fingerprint density at radius 1 is 1.47 bits per heavy atom. The van der Waals surface area contributed by atoms with Crippen molar-refractivity contribution < 1.29 is 4.79 Å². The minimum absolute atomic E-state index is 0.116. The van der Waals surface area contributed by atoms with Crippen molar-refractivity contribution in [3.05, 3.63) is 29.3 Å². The predicted octanol–water partition coefficient (Wildman–Crippen LogP) is 2.88. The summed E-state index contributed by atoms with van der Waals surface area (Å²) in [6.45, 7) is 5.58. The largest absolute Gasteiger partial charge is 0.326 e. The van der Waals surface area contributed by atoms with Gasteiger partial charge in [0.2, 0.25) is 5.91 Å². The van der Waals surface area contributed by atoms with E-state index in [9.17, 15) is 4.79 Å². The Morgan fingerprint density at radius 2 is 2.26 bits per heavy atom. The second kappa shape index (κ2) is 4.97. The van der Waals surface area contributed by atoms with Gasteiger partial charge in [-0.25, -0.2) is 0 Å². The van der Waals surface area contributed by atoms with E-state index in [1.165, 1.54) is 12.0 Å². The van der Waals surface area contributed by atoms with Gasteiger partial charge in [0.1, 0.15) is 0 Å². The summed E-state index contributed by atoms with van der Waals surface area (Å²) < 4.78 is 0. The fourth-order valence-corrected chi connectivity index (χ4v) is 3.07. The predicted molar refractivity (Wildman–Crippen MR) is 77.1 cm³/mol. The molecule has 3 nitrogen and oxygen atoms in total. The molecule has 1 fully saturated rings. The van der Waals surface area contributed by atoms with E-state index in [-0.39, 0.29) is 5.91 Å². The van der Waals surface area contributed by atoms with Gasteiger partial charge in [-0.2, -0.15) is 0 Å². The lowest BCUT2D eigenvalue weighted by molar-refractivity contribution is -0.115. The van der Waals surface area contributed by atoms with E-state index in [0.717, 1.165) is 36.1 Å². The third-order valence-corrected chi connectivity index (χ3v) is 4.33.